The highest BCUT2D eigenvalue weighted by Gasteiger charge is 2.26. The van der Waals surface area contributed by atoms with Crippen LogP contribution >= 0.6 is 11.6 Å². The lowest BCUT2D eigenvalue weighted by molar-refractivity contribution is -0.128. The third-order valence-corrected chi connectivity index (χ3v) is 4.33. The van der Waals surface area contributed by atoms with Gasteiger partial charge < -0.3 is 10.1 Å². The molecule has 2 aromatic heterocycles. The summed E-state index contributed by atoms with van der Waals surface area (Å²) < 4.78 is 7.59. The third kappa shape index (κ3) is 3.96. The molecule has 0 spiro atoms. The van der Waals surface area contributed by atoms with Gasteiger partial charge in [0.1, 0.15) is 5.75 Å². The second kappa shape index (κ2) is 7.74. The Hall–Kier alpha value is -2.60. The molecule has 0 fully saturated rings. The van der Waals surface area contributed by atoms with Crippen LogP contribution in [0.5, 0.6) is 5.75 Å². The Kier molecular flexibility index (Phi) is 5.42. The number of hydrogen-bond donors (Lipinski definition) is 1. The topological polar surface area (TPSA) is 68.5 Å². The minimum atomic E-state index is -0.656. The molecule has 26 heavy (non-hydrogen) atoms. The number of benzene rings is 1. The number of rotatable bonds is 6. The van der Waals surface area contributed by atoms with Crippen LogP contribution in [0.3, 0.4) is 0 Å². The Bertz CT molecular complexity index is 892. The molecule has 6 nitrogen and oxygen atoms in total. The van der Waals surface area contributed by atoms with E-state index in [9.17, 15) is 4.79 Å². The van der Waals surface area contributed by atoms with Gasteiger partial charge in [0.05, 0.1) is 6.04 Å². The standard InChI is InChI=1S/C19H21ClN4O2/c1-12(2)17(18-23-22-16-6-4-5-11-24(16)18)21-19(25)13(3)26-15-9-7-14(20)8-10-15/h4-13,17H,1-3H3,(H,21,25)/t13?,17-/m0/s1. The normalized spacial score (nSPS) is 13.6. The zero-order valence-electron chi connectivity index (χ0n) is 14.9. The van der Waals surface area contributed by atoms with Gasteiger partial charge in [0.2, 0.25) is 0 Å². The summed E-state index contributed by atoms with van der Waals surface area (Å²) in [6.07, 6.45) is 1.23. The maximum absolute atomic E-state index is 12.6. The SMILES string of the molecule is CC(Oc1ccc(Cl)cc1)C(=O)N[C@H](c1nnc2ccccn12)C(C)C. The summed E-state index contributed by atoms with van der Waals surface area (Å²) in [5, 5.41) is 12.1. The lowest BCUT2D eigenvalue weighted by atomic mass is 10.0. The quantitative estimate of drug-likeness (QED) is 0.716. The molecule has 0 bridgehead atoms. The fourth-order valence-corrected chi connectivity index (χ4v) is 2.77. The first-order chi connectivity index (χ1) is 12.5. The van der Waals surface area contributed by atoms with Gasteiger partial charge in [0, 0.05) is 11.2 Å². The second-order valence-electron chi connectivity index (χ2n) is 6.43. The van der Waals surface area contributed by atoms with Gasteiger partial charge in [-0.3, -0.25) is 9.20 Å². The highest BCUT2D eigenvalue weighted by atomic mass is 35.5. The van der Waals surface area contributed by atoms with Crippen LogP contribution in [0.1, 0.15) is 32.6 Å². The van der Waals surface area contributed by atoms with Gasteiger partial charge in [-0.25, -0.2) is 0 Å². The molecule has 7 heteroatoms. The molecule has 0 aliphatic rings. The van der Waals surface area contributed by atoms with Crippen LogP contribution in [0.25, 0.3) is 5.65 Å². The number of amides is 1. The summed E-state index contributed by atoms with van der Waals surface area (Å²) in [6.45, 7) is 5.77. The fraction of sp³-hybridized carbons (Fsp3) is 0.316. The van der Waals surface area contributed by atoms with E-state index in [1.54, 1.807) is 31.2 Å². The minimum Gasteiger partial charge on any atom is -0.481 e. The molecule has 1 amide bonds. The van der Waals surface area contributed by atoms with E-state index in [1.165, 1.54) is 0 Å². The van der Waals surface area contributed by atoms with Crippen molar-refractivity contribution in [1.29, 1.82) is 0 Å². The monoisotopic (exact) mass is 372 g/mol. The van der Waals surface area contributed by atoms with Crippen molar-refractivity contribution in [2.75, 3.05) is 0 Å². The number of aromatic nitrogens is 3. The number of nitrogens with zero attached hydrogens (tertiary/aromatic N) is 3. The third-order valence-electron chi connectivity index (χ3n) is 4.08. The first-order valence-corrected chi connectivity index (χ1v) is 8.85. The van der Waals surface area contributed by atoms with E-state index < -0.39 is 6.10 Å². The van der Waals surface area contributed by atoms with Gasteiger partial charge in [0.15, 0.2) is 17.6 Å². The number of halogens is 1. The van der Waals surface area contributed by atoms with Crippen LogP contribution in [0.4, 0.5) is 0 Å². The van der Waals surface area contributed by atoms with Gasteiger partial charge in [0.25, 0.3) is 5.91 Å². The molecule has 0 radical (unpaired) electrons. The highest BCUT2D eigenvalue weighted by molar-refractivity contribution is 6.30. The van der Waals surface area contributed by atoms with E-state index in [4.69, 9.17) is 16.3 Å². The van der Waals surface area contributed by atoms with Crippen LogP contribution in [-0.4, -0.2) is 26.6 Å². The summed E-state index contributed by atoms with van der Waals surface area (Å²) in [7, 11) is 0. The summed E-state index contributed by atoms with van der Waals surface area (Å²) >= 11 is 5.87. The Morgan fingerprint density at radius 1 is 1.12 bits per heavy atom. The maximum atomic E-state index is 12.6. The van der Waals surface area contributed by atoms with Gasteiger partial charge >= 0.3 is 0 Å². The second-order valence-corrected chi connectivity index (χ2v) is 6.87. The lowest BCUT2D eigenvalue weighted by Gasteiger charge is -2.23. The van der Waals surface area contributed by atoms with Crippen molar-refractivity contribution in [1.82, 2.24) is 19.9 Å². The molecule has 1 aromatic carbocycles. The van der Waals surface area contributed by atoms with Gasteiger partial charge in [-0.2, -0.15) is 0 Å². The first-order valence-electron chi connectivity index (χ1n) is 8.48. The number of fused-ring (bicyclic) bond motifs is 1. The zero-order chi connectivity index (χ0) is 18.7. The van der Waals surface area contributed by atoms with E-state index >= 15 is 0 Å². The molecule has 2 atom stereocenters. The van der Waals surface area contributed by atoms with Crippen molar-refractivity contribution in [3.05, 3.63) is 59.5 Å². The van der Waals surface area contributed by atoms with E-state index in [2.05, 4.69) is 15.5 Å². The van der Waals surface area contributed by atoms with Crippen LogP contribution in [-0.2, 0) is 4.79 Å². The maximum Gasteiger partial charge on any atom is 0.261 e. The predicted molar refractivity (Wildman–Crippen MR) is 100 cm³/mol. The predicted octanol–water partition coefficient (Wildman–Crippen LogP) is 3.66. The molecule has 1 unspecified atom stereocenters. The lowest BCUT2D eigenvalue weighted by Crippen LogP contribution is -2.41. The van der Waals surface area contributed by atoms with Crippen LogP contribution < -0.4 is 10.1 Å². The average molecular weight is 373 g/mol. The van der Waals surface area contributed by atoms with Crippen LogP contribution in [0, 0.1) is 5.92 Å². The van der Waals surface area contributed by atoms with Crippen LogP contribution in [0.15, 0.2) is 48.7 Å². The summed E-state index contributed by atoms with van der Waals surface area (Å²) in [6, 6.07) is 12.3. The number of carbonyl (C=O) groups excluding carboxylic acids is 1. The van der Waals surface area contributed by atoms with E-state index in [-0.39, 0.29) is 17.9 Å². The van der Waals surface area contributed by atoms with Crippen molar-refractivity contribution in [2.45, 2.75) is 32.9 Å². The fourth-order valence-electron chi connectivity index (χ4n) is 2.64. The van der Waals surface area contributed by atoms with Gasteiger partial charge in [-0.1, -0.05) is 31.5 Å². The average Bonchev–Trinajstić information content (AvgIpc) is 3.05. The van der Waals surface area contributed by atoms with Crippen molar-refractivity contribution < 1.29 is 9.53 Å². The Labute approximate surface area is 157 Å². The number of nitrogens with one attached hydrogen (secondary N) is 1. The van der Waals surface area contributed by atoms with Crippen molar-refractivity contribution in [3.63, 3.8) is 0 Å². The van der Waals surface area contributed by atoms with E-state index in [1.807, 2.05) is 42.6 Å². The van der Waals surface area contributed by atoms with E-state index in [0.717, 1.165) is 5.65 Å². The molecule has 0 saturated carbocycles. The molecule has 0 saturated heterocycles. The number of ether oxygens (including phenoxy) is 1. The highest BCUT2D eigenvalue weighted by Crippen LogP contribution is 2.22. The molecular weight excluding hydrogens is 352 g/mol. The van der Waals surface area contributed by atoms with Gasteiger partial charge in [-0.05, 0) is 49.2 Å². The largest absolute Gasteiger partial charge is 0.481 e. The molecule has 3 aromatic rings. The molecule has 0 aliphatic carbocycles. The smallest absolute Gasteiger partial charge is 0.261 e. The first kappa shape index (κ1) is 18.2. The number of carbonyl (C=O) groups is 1. The molecule has 3 rings (SSSR count). The minimum absolute atomic E-state index is 0.134. The van der Waals surface area contributed by atoms with Crippen molar-refractivity contribution in [2.24, 2.45) is 5.92 Å². The summed E-state index contributed by atoms with van der Waals surface area (Å²) in [4.78, 5) is 12.6. The zero-order valence-corrected chi connectivity index (χ0v) is 15.6. The number of pyridine rings is 1. The van der Waals surface area contributed by atoms with Crippen molar-refractivity contribution >= 4 is 23.2 Å². The van der Waals surface area contributed by atoms with Crippen molar-refractivity contribution in [3.8, 4) is 5.75 Å². The molecule has 0 aliphatic heterocycles. The molecule has 136 valence electrons. The Balaban J connectivity index is 1.75. The molecule has 1 N–H and O–H groups in total. The number of hydrogen-bond acceptors (Lipinski definition) is 4. The van der Waals surface area contributed by atoms with Gasteiger partial charge in [-0.15, -0.1) is 10.2 Å². The van der Waals surface area contributed by atoms with E-state index in [0.29, 0.717) is 16.6 Å². The Morgan fingerprint density at radius 2 is 1.85 bits per heavy atom. The molecular formula is C19H21ClN4O2. The Morgan fingerprint density at radius 3 is 2.54 bits per heavy atom. The summed E-state index contributed by atoms with van der Waals surface area (Å²) in [5.41, 5.74) is 0.743. The summed E-state index contributed by atoms with van der Waals surface area (Å²) in [5.74, 6) is 1.20. The molecule has 2 heterocycles. The van der Waals surface area contributed by atoms with Crippen LogP contribution in [0.2, 0.25) is 5.02 Å².